The number of anilines is 1. The van der Waals surface area contributed by atoms with Crippen LogP contribution < -0.4 is 10.3 Å². The number of amides is 1. The van der Waals surface area contributed by atoms with E-state index in [-0.39, 0.29) is 5.76 Å². The van der Waals surface area contributed by atoms with Crippen molar-refractivity contribution in [3.8, 4) is 6.07 Å². The van der Waals surface area contributed by atoms with Gasteiger partial charge in [0.05, 0.1) is 25.0 Å². The van der Waals surface area contributed by atoms with Crippen LogP contribution in [0.2, 0.25) is 0 Å². The van der Waals surface area contributed by atoms with Crippen molar-refractivity contribution in [3.63, 3.8) is 0 Å². The fourth-order valence-electron chi connectivity index (χ4n) is 1.79. The quantitative estimate of drug-likeness (QED) is 0.655. The number of benzene rings is 1. The van der Waals surface area contributed by atoms with Gasteiger partial charge in [0.2, 0.25) is 0 Å². The zero-order chi connectivity index (χ0) is 15.8. The molecule has 0 aliphatic carbocycles. The van der Waals surface area contributed by atoms with Crippen LogP contribution in [0.3, 0.4) is 0 Å². The van der Waals surface area contributed by atoms with Gasteiger partial charge < -0.3 is 9.32 Å². The lowest BCUT2D eigenvalue weighted by Crippen LogP contribution is -2.18. The minimum atomic E-state index is -0.394. The highest BCUT2D eigenvalue weighted by atomic mass is 16.3. The van der Waals surface area contributed by atoms with Gasteiger partial charge in [0.15, 0.2) is 5.76 Å². The minimum Gasteiger partial charge on any atom is -0.459 e. The first-order valence-electron chi connectivity index (χ1n) is 6.76. The van der Waals surface area contributed by atoms with E-state index in [0.29, 0.717) is 13.0 Å². The SMILES string of the molecule is CN(CCC#N)c1ccc(/C=N\NC(=O)c2ccco2)cc1. The second kappa shape index (κ2) is 7.64. The van der Waals surface area contributed by atoms with E-state index < -0.39 is 5.91 Å². The molecule has 0 fully saturated rings. The van der Waals surface area contributed by atoms with E-state index in [1.807, 2.05) is 36.2 Å². The fourth-order valence-corrected chi connectivity index (χ4v) is 1.79. The molecule has 0 saturated carbocycles. The lowest BCUT2D eigenvalue weighted by atomic mass is 10.2. The lowest BCUT2D eigenvalue weighted by molar-refractivity contribution is 0.0927. The first-order valence-corrected chi connectivity index (χ1v) is 6.76. The Kier molecular flexibility index (Phi) is 5.32. The summed E-state index contributed by atoms with van der Waals surface area (Å²) in [7, 11) is 1.93. The van der Waals surface area contributed by atoms with E-state index >= 15 is 0 Å². The Morgan fingerprint density at radius 2 is 2.18 bits per heavy atom. The van der Waals surface area contributed by atoms with Crippen LogP contribution in [-0.2, 0) is 0 Å². The largest absolute Gasteiger partial charge is 0.459 e. The van der Waals surface area contributed by atoms with Crippen LogP contribution in [-0.4, -0.2) is 25.7 Å². The van der Waals surface area contributed by atoms with Crippen LogP contribution in [0.15, 0.2) is 52.2 Å². The molecule has 0 saturated heterocycles. The molecular weight excluding hydrogens is 280 g/mol. The van der Waals surface area contributed by atoms with Crippen molar-refractivity contribution in [3.05, 3.63) is 54.0 Å². The molecule has 6 nitrogen and oxygen atoms in total. The number of nitrogens with zero attached hydrogens (tertiary/aromatic N) is 3. The molecule has 1 heterocycles. The summed E-state index contributed by atoms with van der Waals surface area (Å²) in [4.78, 5) is 13.6. The van der Waals surface area contributed by atoms with Gasteiger partial charge in [-0.3, -0.25) is 4.79 Å². The highest BCUT2D eigenvalue weighted by Crippen LogP contribution is 2.13. The summed E-state index contributed by atoms with van der Waals surface area (Å²) < 4.78 is 4.96. The third-order valence-electron chi connectivity index (χ3n) is 3.02. The number of nitrogens with one attached hydrogen (secondary N) is 1. The van der Waals surface area contributed by atoms with Gasteiger partial charge in [0, 0.05) is 19.3 Å². The van der Waals surface area contributed by atoms with E-state index in [1.54, 1.807) is 18.3 Å². The van der Waals surface area contributed by atoms with Gasteiger partial charge in [-0.2, -0.15) is 10.4 Å². The second-order valence-electron chi connectivity index (χ2n) is 4.60. The maximum Gasteiger partial charge on any atom is 0.307 e. The molecule has 0 aliphatic rings. The average molecular weight is 296 g/mol. The Hall–Kier alpha value is -3.07. The standard InChI is InChI=1S/C16H16N4O2/c1-20(10-3-9-17)14-7-5-13(6-8-14)12-18-19-16(21)15-4-2-11-22-15/h2,4-8,11-12H,3,10H2,1H3,(H,19,21)/b18-12-. The maximum absolute atomic E-state index is 11.6. The molecule has 1 N–H and O–H groups in total. The van der Waals surface area contributed by atoms with Gasteiger partial charge in [0.25, 0.3) is 0 Å². The van der Waals surface area contributed by atoms with Crippen molar-refractivity contribution < 1.29 is 9.21 Å². The molecule has 22 heavy (non-hydrogen) atoms. The fraction of sp³-hybridized carbons (Fsp3) is 0.188. The van der Waals surface area contributed by atoms with Crippen molar-refractivity contribution in [2.75, 3.05) is 18.5 Å². The van der Waals surface area contributed by atoms with Crippen LogP contribution >= 0.6 is 0 Å². The van der Waals surface area contributed by atoms with E-state index in [2.05, 4.69) is 16.6 Å². The number of hydrazone groups is 1. The maximum atomic E-state index is 11.6. The van der Waals surface area contributed by atoms with E-state index in [4.69, 9.17) is 9.68 Å². The van der Waals surface area contributed by atoms with Gasteiger partial charge in [-0.25, -0.2) is 5.43 Å². The summed E-state index contributed by atoms with van der Waals surface area (Å²) in [6, 6.07) is 13.0. The Bertz CT molecular complexity index is 669. The predicted octanol–water partition coefficient (Wildman–Crippen LogP) is 2.39. The molecule has 0 unspecified atom stereocenters. The average Bonchev–Trinajstić information content (AvgIpc) is 3.07. The summed E-state index contributed by atoms with van der Waals surface area (Å²) >= 11 is 0. The van der Waals surface area contributed by atoms with Crippen molar-refractivity contribution in [1.29, 1.82) is 5.26 Å². The molecule has 1 amide bonds. The molecule has 0 atom stereocenters. The Labute approximate surface area is 128 Å². The number of nitriles is 1. The van der Waals surface area contributed by atoms with Crippen molar-refractivity contribution in [2.24, 2.45) is 5.10 Å². The Balaban J connectivity index is 1.89. The van der Waals surface area contributed by atoms with Crippen LogP contribution in [0.5, 0.6) is 0 Å². The van der Waals surface area contributed by atoms with Gasteiger partial charge in [-0.15, -0.1) is 0 Å². The molecule has 2 rings (SSSR count). The van der Waals surface area contributed by atoms with E-state index in [0.717, 1.165) is 11.3 Å². The minimum absolute atomic E-state index is 0.214. The van der Waals surface area contributed by atoms with Crippen LogP contribution in [0.1, 0.15) is 22.5 Å². The first-order chi connectivity index (χ1) is 10.7. The molecule has 0 aliphatic heterocycles. The summed E-state index contributed by atoms with van der Waals surface area (Å²) in [5.74, 6) is -0.180. The Morgan fingerprint density at radius 3 is 2.82 bits per heavy atom. The highest BCUT2D eigenvalue weighted by Gasteiger charge is 2.05. The number of hydrogen-bond donors (Lipinski definition) is 1. The van der Waals surface area contributed by atoms with Crippen LogP contribution in [0, 0.1) is 11.3 Å². The summed E-state index contributed by atoms with van der Waals surface area (Å²) in [5, 5.41) is 12.5. The molecule has 112 valence electrons. The topological polar surface area (TPSA) is 81.6 Å². The second-order valence-corrected chi connectivity index (χ2v) is 4.60. The number of hydrogen-bond acceptors (Lipinski definition) is 5. The molecule has 2 aromatic rings. The van der Waals surface area contributed by atoms with Crippen molar-refractivity contribution in [2.45, 2.75) is 6.42 Å². The Morgan fingerprint density at radius 1 is 1.41 bits per heavy atom. The van der Waals surface area contributed by atoms with E-state index in [1.165, 1.54) is 6.26 Å². The molecule has 0 radical (unpaired) electrons. The monoisotopic (exact) mass is 296 g/mol. The number of furan rings is 1. The zero-order valence-corrected chi connectivity index (χ0v) is 12.2. The smallest absolute Gasteiger partial charge is 0.307 e. The van der Waals surface area contributed by atoms with Gasteiger partial charge >= 0.3 is 5.91 Å². The van der Waals surface area contributed by atoms with Gasteiger partial charge in [-0.05, 0) is 29.8 Å². The molecule has 6 heteroatoms. The third kappa shape index (κ3) is 4.21. The predicted molar refractivity (Wildman–Crippen MR) is 83.7 cm³/mol. The molecule has 1 aromatic heterocycles. The van der Waals surface area contributed by atoms with Crippen molar-refractivity contribution in [1.82, 2.24) is 5.43 Å². The summed E-state index contributed by atoms with van der Waals surface area (Å²) in [5.41, 5.74) is 4.27. The molecular formula is C16H16N4O2. The van der Waals surface area contributed by atoms with E-state index in [9.17, 15) is 4.79 Å². The molecule has 0 spiro atoms. The molecule has 0 bridgehead atoms. The number of carbonyl (C=O) groups excluding carboxylic acids is 1. The van der Waals surface area contributed by atoms with Crippen LogP contribution in [0.4, 0.5) is 5.69 Å². The van der Waals surface area contributed by atoms with Crippen molar-refractivity contribution >= 4 is 17.8 Å². The molecule has 1 aromatic carbocycles. The normalized spacial score (nSPS) is 10.4. The number of rotatable bonds is 6. The summed E-state index contributed by atoms with van der Waals surface area (Å²) in [6.07, 6.45) is 3.47. The highest BCUT2D eigenvalue weighted by molar-refractivity contribution is 5.92. The summed E-state index contributed by atoms with van der Waals surface area (Å²) in [6.45, 7) is 0.684. The van der Waals surface area contributed by atoms with Crippen LogP contribution in [0.25, 0.3) is 0 Å². The lowest BCUT2D eigenvalue weighted by Gasteiger charge is -2.17. The number of carbonyl (C=O) groups is 1. The first kappa shape index (κ1) is 15.3. The third-order valence-corrected chi connectivity index (χ3v) is 3.02. The van der Waals surface area contributed by atoms with Gasteiger partial charge in [0.1, 0.15) is 0 Å². The zero-order valence-electron chi connectivity index (χ0n) is 12.2. The van der Waals surface area contributed by atoms with Gasteiger partial charge in [-0.1, -0.05) is 12.1 Å².